The summed E-state index contributed by atoms with van der Waals surface area (Å²) >= 11 is 6.06. The lowest BCUT2D eigenvalue weighted by Crippen LogP contribution is -1.91. The van der Waals surface area contributed by atoms with Crippen LogP contribution in [0.1, 0.15) is 5.56 Å². The van der Waals surface area contributed by atoms with Gasteiger partial charge in [0, 0.05) is 16.8 Å². The highest BCUT2D eigenvalue weighted by atomic mass is 35.5. The molecule has 0 N–H and O–H groups in total. The van der Waals surface area contributed by atoms with Crippen molar-refractivity contribution in [1.82, 2.24) is 0 Å². The van der Waals surface area contributed by atoms with Crippen LogP contribution in [0.15, 0.2) is 89.9 Å². The van der Waals surface area contributed by atoms with Gasteiger partial charge in [0.1, 0.15) is 5.75 Å². The van der Waals surface area contributed by atoms with Crippen LogP contribution in [0.4, 0.5) is 5.69 Å². The molecule has 0 bridgehead atoms. The van der Waals surface area contributed by atoms with Crippen molar-refractivity contribution in [2.24, 2.45) is 4.99 Å². The fourth-order valence-electron chi connectivity index (χ4n) is 3.12. The molecule has 0 aromatic heterocycles. The van der Waals surface area contributed by atoms with E-state index in [0.717, 1.165) is 33.1 Å². The summed E-state index contributed by atoms with van der Waals surface area (Å²) in [5.74, 6) is 0.820. The van der Waals surface area contributed by atoms with Crippen LogP contribution in [0.25, 0.3) is 21.9 Å². The number of hydrogen-bond acceptors (Lipinski definition) is 2. The molecule has 27 heavy (non-hydrogen) atoms. The van der Waals surface area contributed by atoms with Crippen molar-refractivity contribution in [2.45, 2.75) is 0 Å². The second-order valence-corrected chi connectivity index (χ2v) is 6.65. The predicted octanol–water partition coefficient (Wildman–Crippen LogP) is 6.92. The van der Waals surface area contributed by atoms with Crippen molar-refractivity contribution >= 4 is 34.3 Å². The first kappa shape index (κ1) is 17.3. The zero-order chi connectivity index (χ0) is 18.6. The van der Waals surface area contributed by atoms with E-state index in [-0.39, 0.29) is 0 Å². The lowest BCUT2D eigenvalue weighted by atomic mass is 9.95. The Morgan fingerprint density at radius 1 is 0.815 bits per heavy atom. The van der Waals surface area contributed by atoms with Gasteiger partial charge in [0.15, 0.2) is 0 Å². The lowest BCUT2D eigenvalue weighted by molar-refractivity contribution is 0.415. The molecule has 4 rings (SSSR count). The Bertz CT molecular complexity index is 1100. The van der Waals surface area contributed by atoms with Crippen LogP contribution in [-0.4, -0.2) is 13.3 Å². The zero-order valence-electron chi connectivity index (χ0n) is 14.9. The number of nitrogens with zero attached hydrogens (tertiary/aromatic N) is 1. The molecule has 0 fully saturated rings. The fourth-order valence-corrected chi connectivity index (χ4v) is 3.25. The van der Waals surface area contributed by atoms with E-state index in [2.05, 4.69) is 36.4 Å². The van der Waals surface area contributed by atoms with E-state index >= 15 is 0 Å². The number of benzene rings is 4. The predicted molar refractivity (Wildman–Crippen MR) is 115 cm³/mol. The second kappa shape index (κ2) is 7.65. The Balaban J connectivity index is 1.84. The highest BCUT2D eigenvalue weighted by Gasteiger charge is 2.08. The quantitative estimate of drug-likeness (QED) is 0.357. The summed E-state index contributed by atoms with van der Waals surface area (Å²) in [6.07, 6.45) is 1.94. The third kappa shape index (κ3) is 3.71. The third-order valence-electron chi connectivity index (χ3n) is 4.54. The maximum absolute atomic E-state index is 6.06. The molecule has 4 aromatic rings. The molecule has 0 heterocycles. The van der Waals surface area contributed by atoms with Crippen molar-refractivity contribution in [3.05, 3.63) is 95.5 Å². The fraction of sp³-hybridized carbons (Fsp3) is 0.0417. The van der Waals surface area contributed by atoms with E-state index in [4.69, 9.17) is 21.3 Å². The van der Waals surface area contributed by atoms with Gasteiger partial charge in [0.25, 0.3) is 0 Å². The van der Waals surface area contributed by atoms with Gasteiger partial charge < -0.3 is 4.74 Å². The maximum atomic E-state index is 6.06. The van der Waals surface area contributed by atoms with Crippen LogP contribution in [-0.2, 0) is 0 Å². The van der Waals surface area contributed by atoms with Gasteiger partial charge in [-0.2, -0.15) is 0 Å². The molecule has 132 valence electrons. The van der Waals surface area contributed by atoms with E-state index in [9.17, 15) is 0 Å². The number of rotatable bonds is 4. The van der Waals surface area contributed by atoms with Crippen molar-refractivity contribution in [1.29, 1.82) is 0 Å². The minimum absolute atomic E-state index is 0.730. The third-order valence-corrected chi connectivity index (χ3v) is 4.79. The normalized spacial score (nSPS) is 11.2. The summed E-state index contributed by atoms with van der Waals surface area (Å²) in [7, 11) is 1.66. The Morgan fingerprint density at radius 2 is 1.56 bits per heavy atom. The van der Waals surface area contributed by atoms with Gasteiger partial charge in [-0.15, -0.1) is 0 Å². The number of hydrogen-bond donors (Lipinski definition) is 0. The molecule has 0 unspecified atom stereocenters. The molecule has 4 aromatic carbocycles. The second-order valence-electron chi connectivity index (χ2n) is 6.21. The molecule has 0 spiro atoms. The summed E-state index contributed by atoms with van der Waals surface area (Å²) in [5, 5.41) is 3.08. The average Bonchev–Trinajstić information content (AvgIpc) is 2.73. The summed E-state index contributed by atoms with van der Waals surface area (Å²) in [6, 6.07) is 28.3. The molecule has 3 heteroatoms. The summed E-state index contributed by atoms with van der Waals surface area (Å²) in [4.78, 5) is 4.70. The minimum Gasteiger partial charge on any atom is -0.497 e. The Kier molecular flexibility index (Phi) is 4.91. The highest BCUT2D eigenvalue weighted by Crippen LogP contribution is 2.30. The van der Waals surface area contributed by atoms with E-state index in [1.54, 1.807) is 7.11 Å². The molecule has 0 aliphatic heterocycles. The summed E-state index contributed by atoms with van der Waals surface area (Å²) in [5.41, 5.74) is 4.21. The van der Waals surface area contributed by atoms with Crippen molar-refractivity contribution in [3.8, 4) is 16.9 Å². The summed E-state index contributed by atoms with van der Waals surface area (Å²) < 4.78 is 5.21. The standard InChI is InChI=1S/C24H18ClNO/c1-27-21-13-11-20(12-14-21)26-16-24-22-5-3-2-4-17(22)8-15-23(24)18-6-9-19(25)10-7-18/h2-16H,1H3. The van der Waals surface area contributed by atoms with Crippen LogP contribution in [0.2, 0.25) is 5.02 Å². The Labute approximate surface area is 163 Å². The molecule has 0 aliphatic carbocycles. The number of fused-ring (bicyclic) bond motifs is 1. The van der Waals surface area contributed by atoms with Crippen LogP contribution in [0.5, 0.6) is 5.75 Å². The highest BCUT2D eigenvalue weighted by molar-refractivity contribution is 6.30. The summed E-state index contributed by atoms with van der Waals surface area (Å²) in [6.45, 7) is 0. The number of methoxy groups -OCH3 is 1. The van der Waals surface area contributed by atoms with Crippen LogP contribution < -0.4 is 4.74 Å². The van der Waals surface area contributed by atoms with Gasteiger partial charge in [0.05, 0.1) is 12.8 Å². The van der Waals surface area contributed by atoms with Crippen LogP contribution in [0.3, 0.4) is 0 Å². The molecule has 0 saturated carbocycles. The van der Waals surface area contributed by atoms with E-state index in [1.165, 1.54) is 10.8 Å². The topological polar surface area (TPSA) is 21.6 Å². The van der Waals surface area contributed by atoms with Gasteiger partial charge >= 0.3 is 0 Å². The van der Waals surface area contributed by atoms with Crippen LogP contribution in [0, 0.1) is 0 Å². The number of aliphatic imine (C=N–C) groups is 1. The van der Waals surface area contributed by atoms with Gasteiger partial charge in [-0.05, 0) is 58.3 Å². The lowest BCUT2D eigenvalue weighted by Gasteiger charge is -2.10. The van der Waals surface area contributed by atoms with Crippen molar-refractivity contribution in [3.63, 3.8) is 0 Å². The first-order valence-corrected chi connectivity index (χ1v) is 9.08. The monoisotopic (exact) mass is 371 g/mol. The largest absolute Gasteiger partial charge is 0.497 e. The smallest absolute Gasteiger partial charge is 0.119 e. The van der Waals surface area contributed by atoms with Crippen molar-refractivity contribution < 1.29 is 4.74 Å². The van der Waals surface area contributed by atoms with E-state index in [1.807, 2.05) is 54.7 Å². The molecule has 0 amide bonds. The van der Waals surface area contributed by atoms with E-state index < -0.39 is 0 Å². The van der Waals surface area contributed by atoms with E-state index in [0.29, 0.717) is 0 Å². The molecule has 0 aliphatic rings. The van der Waals surface area contributed by atoms with Gasteiger partial charge in [0.2, 0.25) is 0 Å². The minimum atomic E-state index is 0.730. The SMILES string of the molecule is COc1ccc(N=Cc2c(-c3ccc(Cl)cc3)ccc3ccccc23)cc1. The number of ether oxygens (including phenoxy) is 1. The first-order chi connectivity index (χ1) is 13.2. The van der Waals surface area contributed by atoms with Gasteiger partial charge in [-0.25, -0.2) is 0 Å². The zero-order valence-corrected chi connectivity index (χ0v) is 15.6. The van der Waals surface area contributed by atoms with Crippen molar-refractivity contribution in [2.75, 3.05) is 7.11 Å². The number of halogens is 1. The molecule has 0 saturated heterocycles. The van der Waals surface area contributed by atoms with Gasteiger partial charge in [-0.3, -0.25) is 4.99 Å². The van der Waals surface area contributed by atoms with Gasteiger partial charge in [-0.1, -0.05) is 60.1 Å². The molecule has 0 radical (unpaired) electrons. The van der Waals surface area contributed by atoms with Crippen LogP contribution >= 0.6 is 11.6 Å². The Hall–Kier alpha value is -3.10. The molecule has 0 atom stereocenters. The molecular weight excluding hydrogens is 354 g/mol. The molecular formula is C24H18ClNO. The Morgan fingerprint density at radius 3 is 2.30 bits per heavy atom. The first-order valence-electron chi connectivity index (χ1n) is 8.70. The molecule has 2 nitrogen and oxygen atoms in total. The average molecular weight is 372 g/mol. The maximum Gasteiger partial charge on any atom is 0.119 e.